The molecule has 1 fully saturated rings. The molecule has 0 atom stereocenters. The molecule has 7 nitrogen and oxygen atoms in total. The van der Waals surface area contributed by atoms with E-state index in [0.717, 1.165) is 30.4 Å². The van der Waals surface area contributed by atoms with E-state index in [4.69, 9.17) is 4.42 Å². The number of sulfonamides is 1. The number of hydrogen-bond acceptors (Lipinski definition) is 5. The van der Waals surface area contributed by atoms with E-state index in [1.54, 1.807) is 48.7 Å². The van der Waals surface area contributed by atoms with Crippen molar-refractivity contribution in [3.63, 3.8) is 0 Å². The summed E-state index contributed by atoms with van der Waals surface area (Å²) < 4.78 is 32.7. The van der Waals surface area contributed by atoms with E-state index >= 15 is 0 Å². The van der Waals surface area contributed by atoms with E-state index < -0.39 is 10.0 Å². The summed E-state index contributed by atoms with van der Waals surface area (Å²) in [5, 5.41) is 2.84. The number of oxazole rings is 1. The monoisotopic (exact) mass is 425 g/mol. The van der Waals surface area contributed by atoms with Gasteiger partial charge in [-0.3, -0.25) is 4.79 Å². The Kier molecular flexibility index (Phi) is 5.69. The first-order valence-electron chi connectivity index (χ1n) is 9.86. The molecule has 0 unspecified atom stereocenters. The number of nitrogens with zero attached hydrogens (tertiary/aromatic N) is 2. The highest BCUT2D eigenvalue weighted by atomic mass is 32.2. The molecule has 1 saturated heterocycles. The molecule has 3 aromatic rings. The molecule has 1 N–H and O–H groups in total. The minimum absolute atomic E-state index is 0.200. The second-order valence-electron chi connectivity index (χ2n) is 7.34. The molecule has 1 amide bonds. The summed E-state index contributed by atoms with van der Waals surface area (Å²) >= 11 is 0. The molecule has 1 aliphatic heterocycles. The number of aromatic nitrogens is 1. The predicted molar refractivity (Wildman–Crippen MR) is 114 cm³/mol. The molecule has 1 aliphatic rings. The molecule has 0 spiro atoms. The van der Waals surface area contributed by atoms with Crippen molar-refractivity contribution in [1.29, 1.82) is 0 Å². The number of nitrogens with one attached hydrogen (secondary N) is 1. The maximum Gasteiger partial charge on any atom is 0.255 e. The Morgan fingerprint density at radius 1 is 1.07 bits per heavy atom. The minimum atomic E-state index is -3.57. The van der Waals surface area contributed by atoms with Gasteiger partial charge in [0.05, 0.1) is 11.1 Å². The van der Waals surface area contributed by atoms with Crippen molar-refractivity contribution in [3.8, 4) is 11.3 Å². The highest BCUT2D eigenvalue weighted by Crippen LogP contribution is 2.26. The highest BCUT2D eigenvalue weighted by molar-refractivity contribution is 7.89. The van der Waals surface area contributed by atoms with E-state index in [0.29, 0.717) is 30.1 Å². The van der Waals surface area contributed by atoms with Crippen molar-refractivity contribution >= 4 is 21.6 Å². The lowest BCUT2D eigenvalue weighted by Crippen LogP contribution is -2.35. The van der Waals surface area contributed by atoms with Crippen LogP contribution in [0.5, 0.6) is 0 Å². The predicted octanol–water partition coefficient (Wildman–Crippen LogP) is 4.08. The Balaban J connectivity index is 1.54. The average molecular weight is 426 g/mol. The van der Waals surface area contributed by atoms with Crippen molar-refractivity contribution in [2.75, 3.05) is 18.4 Å². The fraction of sp³-hybridized carbons (Fsp3) is 0.273. The van der Waals surface area contributed by atoms with E-state index in [1.165, 1.54) is 10.7 Å². The second-order valence-corrected chi connectivity index (χ2v) is 9.28. The topological polar surface area (TPSA) is 92.5 Å². The van der Waals surface area contributed by atoms with Gasteiger partial charge in [0, 0.05) is 29.9 Å². The Hall–Kier alpha value is -2.97. The van der Waals surface area contributed by atoms with E-state index in [1.807, 2.05) is 6.92 Å². The molecule has 0 saturated carbocycles. The van der Waals surface area contributed by atoms with Gasteiger partial charge in [-0.25, -0.2) is 13.4 Å². The Morgan fingerprint density at radius 2 is 1.80 bits per heavy atom. The number of aryl methyl sites for hydroxylation is 1. The summed E-state index contributed by atoms with van der Waals surface area (Å²) in [5.74, 6) is 0.308. The van der Waals surface area contributed by atoms with Crippen molar-refractivity contribution in [2.24, 2.45) is 0 Å². The first kappa shape index (κ1) is 20.3. The molecule has 0 radical (unpaired) electrons. The summed E-state index contributed by atoms with van der Waals surface area (Å²) in [7, 11) is -3.57. The third-order valence-electron chi connectivity index (χ3n) is 5.27. The molecule has 2 aromatic carbocycles. The van der Waals surface area contributed by atoms with Gasteiger partial charge in [0.1, 0.15) is 0 Å². The van der Waals surface area contributed by atoms with E-state index in [-0.39, 0.29) is 10.8 Å². The quantitative estimate of drug-likeness (QED) is 0.665. The number of rotatable bonds is 5. The van der Waals surface area contributed by atoms with Crippen LogP contribution in [0.2, 0.25) is 0 Å². The third kappa shape index (κ3) is 4.15. The number of benzene rings is 2. The fourth-order valence-corrected chi connectivity index (χ4v) is 5.03. The maximum absolute atomic E-state index is 13.0. The maximum atomic E-state index is 13.0. The molecule has 4 rings (SSSR count). The zero-order chi connectivity index (χ0) is 21.1. The van der Waals surface area contributed by atoms with Gasteiger partial charge in [-0.2, -0.15) is 4.31 Å². The lowest BCUT2D eigenvalue weighted by atomic mass is 10.1. The van der Waals surface area contributed by atoms with Crippen LogP contribution in [0.3, 0.4) is 0 Å². The first-order chi connectivity index (χ1) is 14.4. The molecule has 2 heterocycles. The molecular weight excluding hydrogens is 402 g/mol. The zero-order valence-electron chi connectivity index (χ0n) is 16.7. The summed E-state index contributed by atoms with van der Waals surface area (Å²) in [6.07, 6.45) is 5.75. The summed E-state index contributed by atoms with van der Waals surface area (Å²) in [6.45, 7) is 2.91. The zero-order valence-corrected chi connectivity index (χ0v) is 17.5. The van der Waals surface area contributed by atoms with Crippen LogP contribution in [-0.2, 0) is 10.0 Å². The van der Waals surface area contributed by atoms with Crippen LogP contribution in [0.1, 0.15) is 35.2 Å². The Morgan fingerprint density at radius 3 is 2.47 bits per heavy atom. The largest absolute Gasteiger partial charge is 0.444 e. The van der Waals surface area contributed by atoms with E-state index in [9.17, 15) is 13.2 Å². The molecule has 0 aliphatic carbocycles. The highest BCUT2D eigenvalue weighted by Gasteiger charge is 2.26. The molecule has 8 heteroatoms. The Bertz CT molecular complexity index is 1130. The summed E-state index contributed by atoms with van der Waals surface area (Å²) in [5.41, 5.74) is 2.55. The van der Waals surface area contributed by atoms with Crippen molar-refractivity contribution in [1.82, 2.24) is 9.29 Å². The smallest absolute Gasteiger partial charge is 0.255 e. The SMILES string of the molecule is Cc1ccc(S(=O)(=O)N2CCCCC2)cc1NC(=O)c1ccc(-c2cnco2)cc1. The number of piperidine rings is 1. The molecule has 156 valence electrons. The van der Waals surface area contributed by atoms with Crippen molar-refractivity contribution < 1.29 is 17.6 Å². The van der Waals surface area contributed by atoms with Crippen LogP contribution in [0.4, 0.5) is 5.69 Å². The van der Waals surface area contributed by atoms with Crippen LogP contribution in [0, 0.1) is 6.92 Å². The van der Waals surface area contributed by atoms with Crippen LogP contribution in [0.15, 0.2) is 64.4 Å². The molecule has 30 heavy (non-hydrogen) atoms. The second kappa shape index (κ2) is 8.41. The number of amides is 1. The molecule has 0 bridgehead atoms. The lowest BCUT2D eigenvalue weighted by molar-refractivity contribution is 0.102. The normalized spacial score (nSPS) is 15.1. The van der Waals surface area contributed by atoms with Gasteiger partial charge in [0.15, 0.2) is 12.2 Å². The van der Waals surface area contributed by atoms with Crippen LogP contribution in [-0.4, -0.2) is 36.7 Å². The number of carbonyl (C=O) groups is 1. The summed E-state index contributed by atoms with van der Waals surface area (Å²) in [6, 6.07) is 11.8. The van der Waals surface area contributed by atoms with Crippen LogP contribution in [0.25, 0.3) is 11.3 Å². The van der Waals surface area contributed by atoms with Crippen LogP contribution >= 0.6 is 0 Å². The van der Waals surface area contributed by atoms with Gasteiger partial charge in [0.2, 0.25) is 10.0 Å². The molecular formula is C22H23N3O4S. The number of anilines is 1. The van der Waals surface area contributed by atoms with Crippen LogP contribution < -0.4 is 5.32 Å². The summed E-state index contributed by atoms with van der Waals surface area (Å²) in [4.78, 5) is 16.8. The average Bonchev–Trinajstić information content (AvgIpc) is 3.31. The van der Waals surface area contributed by atoms with E-state index in [2.05, 4.69) is 10.3 Å². The van der Waals surface area contributed by atoms with Gasteiger partial charge in [-0.05, 0) is 49.6 Å². The minimum Gasteiger partial charge on any atom is -0.444 e. The number of hydrogen-bond donors (Lipinski definition) is 1. The standard InChI is InChI=1S/C22H23N3O4S/c1-16-5-10-19(30(27,28)25-11-3-2-4-12-25)13-20(16)24-22(26)18-8-6-17(7-9-18)21-14-23-15-29-21/h5-10,13-15H,2-4,11-12H2,1H3,(H,24,26). The number of carbonyl (C=O) groups excluding carboxylic acids is 1. The van der Waals surface area contributed by atoms with Gasteiger partial charge >= 0.3 is 0 Å². The fourth-order valence-electron chi connectivity index (χ4n) is 3.49. The van der Waals surface area contributed by atoms with Crippen molar-refractivity contribution in [2.45, 2.75) is 31.1 Å². The van der Waals surface area contributed by atoms with Crippen molar-refractivity contribution in [3.05, 3.63) is 66.2 Å². The van der Waals surface area contributed by atoms with Gasteiger partial charge < -0.3 is 9.73 Å². The Labute approximate surface area is 175 Å². The van der Waals surface area contributed by atoms with Gasteiger partial charge in [0.25, 0.3) is 5.91 Å². The first-order valence-corrected chi connectivity index (χ1v) is 11.3. The lowest BCUT2D eigenvalue weighted by Gasteiger charge is -2.26. The third-order valence-corrected chi connectivity index (χ3v) is 7.17. The van der Waals surface area contributed by atoms with Gasteiger partial charge in [-0.15, -0.1) is 0 Å². The molecule has 1 aromatic heterocycles. The van der Waals surface area contributed by atoms with Gasteiger partial charge in [-0.1, -0.05) is 24.6 Å².